The minimum absolute atomic E-state index is 0.0849. The Balaban J connectivity index is 2.59. The van der Waals surface area contributed by atoms with E-state index in [-0.39, 0.29) is 4.32 Å². The van der Waals surface area contributed by atoms with Crippen molar-refractivity contribution >= 4 is 31.9 Å². The highest BCUT2D eigenvalue weighted by molar-refractivity contribution is 9.12. The van der Waals surface area contributed by atoms with Gasteiger partial charge in [0.1, 0.15) is 0 Å². The van der Waals surface area contributed by atoms with E-state index in [0.717, 1.165) is 6.42 Å². The van der Waals surface area contributed by atoms with Gasteiger partial charge in [0.25, 0.3) is 0 Å². The molecule has 0 aliphatic heterocycles. The van der Waals surface area contributed by atoms with E-state index in [1.54, 1.807) is 7.11 Å². The lowest BCUT2D eigenvalue weighted by Gasteiger charge is -2.33. The molecule has 0 saturated carbocycles. The van der Waals surface area contributed by atoms with Crippen LogP contribution in [0.3, 0.4) is 0 Å². The molecule has 0 fully saturated rings. The molecular weight excluding hydrogens is 308 g/mol. The average molecular weight is 320 g/mol. The maximum Gasteiger partial charge on any atom is 0.163 e. The molecule has 1 aliphatic carbocycles. The number of fused-ring (bicyclic) bond motifs is 1. The summed E-state index contributed by atoms with van der Waals surface area (Å²) in [5.74, 6) is 0. The second kappa shape index (κ2) is 3.32. The Kier molecular flexibility index (Phi) is 2.53. The van der Waals surface area contributed by atoms with Gasteiger partial charge >= 0.3 is 0 Å². The first-order valence-corrected chi connectivity index (χ1v) is 6.11. The van der Waals surface area contributed by atoms with Crippen LogP contribution in [0.2, 0.25) is 0 Å². The van der Waals surface area contributed by atoms with Gasteiger partial charge in [-0.05, 0) is 40.4 Å². The van der Waals surface area contributed by atoms with E-state index in [2.05, 4.69) is 57.0 Å². The molecule has 0 spiro atoms. The minimum Gasteiger partial charge on any atom is -0.361 e. The van der Waals surface area contributed by atoms with Crippen molar-refractivity contribution in [3.63, 3.8) is 0 Å². The molecule has 2 atom stereocenters. The number of hydrogen-bond donors (Lipinski definition) is 0. The fourth-order valence-electron chi connectivity index (χ4n) is 2.06. The van der Waals surface area contributed by atoms with Crippen molar-refractivity contribution in [2.45, 2.75) is 22.2 Å². The molecule has 0 bridgehead atoms. The number of methoxy groups -OCH3 is 1. The second-order valence-corrected chi connectivity index (χ2v) is 6.70. The van der Waals surface area contributed by atoms with Gasteiger partial charge in [-0.25, -0.2) is 0 Å². The summed E-state index contributed by atoms with van der Waals surface area (Å²) in [6.07, 6.45) is 0.974. The molecule has 14 heavy (non-hydrogen) atoms. The standard InChI is InChI=1S/C11H12Br2O/c1-10(12)7-8-5-3-4-6-9(8)11(10,13)14-2/h3-6H,7H2,1-2H3. The van der Waals surface area contributed by atoms with Crippen LogP contribution >= 0.6 is 31.9 Å². The Morgan fingerprint density at radius 1 is 1.29 bits per heavy atom. The van der Waals surface area contributed by atoms with Gasteiger partial charge in [0.05, 0.1) is 4.32 Å². The number of alkyl halides is 2. The molecule has 0 radical (unpaired) electrons. The highest BCUT2D eigenvalue weighted by atomic mass is 79.9. The summed E-state index contributed by atoms with van der Waals surface area (Å²) in [5, 5.41) is 0. The molecule has 2 rings (SSSR count). The predicted molar refractivity (Wildman–Crippen MR) is 65.1 cm³/mol. The van der Waals surface area contributed by atoms with Crippen LogP contribution in [-0.4, -0.2) is 11.4 Å². The topological polar surface area (TPSA) is 9.23 Å². The molecule has 2 unspecified atom stereocenters. The van der Waals surface area contributed by atoms with E-state index in [4.69, 9.17) is 4.74 Å². The molecule has 1 nitrogen and oxygen atoms in total. The van der Waals surface area contributed by atoms with E-state index in [0.29, 0.717) is 0 Å². The number of halogens is 2. The van der Waals surface area contributed by atoms with Crippen molar-refractivity contribution < 1.29 is 4.74 Å². The lowest BCUT2D eigenvalue weighted by atomic mass is 10.1. The van der Waals surface area contributed by atoms with Crippen LogP contribution in [0.5, 0.6) is 0 Å². The van der Waals surface area contributed by atoms with Gasteiger partial charge in [-0.3, -0.25) is 0 Å². The summed E-state index contributed by atoms with van der Waals surface area (Å²) in [4.78, 5) is 0. The highest BCUT2D eigenvalue weighted by Crippen LogP contribution is 2.55. The van der Waals surface area contributed by atoms with Crippen LogP contribution in [0.1, 0.15) is 18.1 Å². The molecule has 0 aromatic heterocycles. The van der Waals surface area contributed by atoms with Crippen LogP contribution in [0.25, 0.3) is 0 Å². The zero-order valence-corrected chi connectivity index (χ0v) is 11.4. The molecule has 0 amide bonds. The largest absolute Gasteiger partial charge is 0.361 e. The Bertz CT molecular complexity index is 362. The summed E-state index contributed by atoms with van der Waals surface area (Å²) in [7, 11) is 1.73. The molecule has 1 aromatic rings. The van der Waals surface area contributed by atoms with Gasteiger partial charge in [0, 0.05) is 7.11 Å². The second-order valence-electron chi connectivity index (χ2n) is 3.83. The Morgan fingerprint density at radius 3 is 2.57 bits per heavy atom. The Morgan fingerprint density at radius 2 is 1.93 bits per heavy atom. The van der Waals surface area contributed by atoms with E-state index >= 15 is 0 Å². The molecule has 76 valence electrons. The van der Waals surface area contributed by atoms with E-state index < -0.39 is 4.51 Å². The molecule has 1 aliphatic rings. The SMILES string of the molecule is COC1(Br)c2ccccc2CC1(C)Br. The maximum absolute atomic E-state index is 5.61. The average Bonchev–Trinajstić information content (AvgIpc) is 2.36. The summed E-state index contributed by atoms with van der Waals surface area (Å²) in [6.45, 7) is 2.14. The first kappa shape index (κ1) is 10.7. The van der Waals surface area contributed by atoms with E-state index in [1.807, 2.05) is 6.07 Å². The quantitative estimate of drug-likeness (QED) is 0.719. The third kappa shape index (κ3) is 1.29. The highest BCUT2D eigenvalue weighted by Gasteiger charge is 2.52. The molecule has 0 saturated heterocycles. The summed E-state index contributed by atoms with van der Waals surface area (Å²) in [6, 6.07) is 8.37. The number of hydrogen-bond acceptors (Lipinski definition) is 1. The van der Waals surface area contributed by atoms with Crippen LogP contribution in [0.4, 0.5) is 0 Å². The summed E-state index contributed by atoms with van der Waals surface area (Å²) >= 11 is 7.43. The number of benzene rings is 1. The van der Waals surface area contributed by atoms with Gasteiger partial charge in [0.2, 0.25) is 0 Å². The van der Waals surface area contributed by atoms with Crippen LogP contribution < -0.4 is 0 Å². The third-order valence-electron chi connectivity index (χ3n) is 2.84. The lowest BCUT2D eigenvalue weighted by molar-refractivity contribution is 0.0580. The van der Waals surface area contributed by atoms with Crippen molar-refractivity contribution in [1.29, 1.82) is 0 Å². The summed E-state index contributed by atoms with van der Waals surface area (Å²) in [5.41, 5.74) is 2.56. The van der Waals surface area contributed by atoms with Crippen molar-refractivity contribution in [2.75, 3.05) is 7.11 Å². The normalized spacial score (nSPS) is 35.7. The Labute approximate surface area is 101 Å². The molecular formula is C11H12Br2O. The van der Waals surface area contributed by atoms with Gasteiger partial charge in [-0.1, -0.05) is 40.2 Å². The number of rotatable bonds is 1. The van der Waals surface area contributed by atoms with Crippen molar-refractivity contribution in [1.82, 2.24) is 0 Å². The number of ether oxygens (including phenoxy) is 1. The van der Waals surface area contributed by atoms with Crippen LogP contribution in [-0.2, 0) is 15.7 Å². The molecule has 0 heterocycles. The van der Waals surface area contributed by atoms with Gasteiger partial charge in [-0.15, -0.1) is 0 Å². The van der Waals surface area contributed by atoms with Gasteiger partial charge < -0.3 is 4.74 Å². The minimum atomic E-state index is -0.406. The fraction of sp³-hybridized carbons (Fsp3) is 0.455. The molecule has 0 N–H and O–H groups in total. The third-order valence-corrected chi connectivity index (χ3v) is 5.83. The smallest absolute Gasteiger partial charge is 0.163 e. The molecule has 3 heteroatoms. The first-order chi connectivity index (χ1) is 6.51. The maximum atomic E-state index is 5.61. The van der Waals surface area contributed by atoms with Gasteiger partial charge in [-0.2, -0.15) is 0 Å². The van der Waals surface area contributed by atoms with Crippen molar-refractivity contribution in [3.8, 4) is 0 Å². The van der Waals surface area contributed by atoms with E-state index in [1.165, 1.54) is 11.1 Å². The monoisotopic (exact) mass is 318 g/mol. The van der Waals surface area contributed by atoms with Crippen molar-refractivity contribution in [2.24, 2.45) is 0 Å². The molecule has 1 aromatic carbocycles. The van der Waals surface area contributed by atoms with Crippen LogP contribution in [0, 0.1) is 0 Å². The Hall–Kier alpha value is 0.140. The zero-order valence-electron chi connectivity index (χ0n) is 8.18. The summed E-state index contributed by atoms with van der Waals surface area (Å²) < 4.78 is 5.12. The van der Waals surface area contributed by atoms with Gasteiger partial charge in [0.15, 0.2) is 4.51 Å². The van der Waals surface area contributed by atoms with Crippen molar-refractivity contribution in [3.05, 3.63) is 35.4 Å². The fourth-order valence-corrected chi connectivity index (χ4v) is 3.27. The predicted octanol–water partition coefficient (Wildman–Crippen LogP) is 3.59. The first-order valence-electron chi connectivity index (χ1n) is 4.52. The zero-order chi connectivity index (χ0) is 10.4. The van der Waals surface area contributed by atoms with E-state index in [9.17, 15) is 0 Å². The lowest BCUT2D eigenvalue weighted by Crippen LogP contribution is -2.37. The van der Waals surface area contributed by atoms with Crippen LogP contribution in [0.15, 0.2) is 24.3 Å².